The lowest BCUT2D eigenvalue weighted by molar-refractivity contribution is -0.142. The van der Waals surface area contributed by atoms with Crippen molar-refractivity contribution in [2.45, 2.75) is 84.7 Å². The van der Waals surface area contributed by atoms with E-state index in [9.17, 15) is 37.1 Å². The number of amides is 1. The molecule has 8 nitrogen and oxygen atoms in total. The Kier molecular flexibility index (Phi) is 10.8. The molecule has 2 atom stereocenters. The van der Waals surface area contributed by atoms with Gasteiger partial charge in [-0.1, -0.05) is 32.0 Å². The van der Waals surface area contributed by atoms with Crippen molar-refractivity contribution in [1.82, 2.24) is 19.8 Å². The minimum absolute atomic E-state index is 0.0195. The second kappa shape index (κ2) is 14.2. The highest BCUT2D eigenvalue weighted by molar-refractivity contribution is 5.82. The molecule has 2 heterocycles. The molecule has 2 aromatic carbocycles. The third kappa shape index (κ3) is 8.47. The van der Waals surface area contributed by atoms with Crippen molar-refractivity contribution in [1.29, 1.82) is 0 Å². The van der Waals surface area contributed by atoms with Gasteiger partial charge >= 0.3 is 17.8 Å². The second-order valence-electron chi connectivity index (χ2n) is 13.4. The molecule has 0 spiro atoms. The molecule has 1 aliphatic rings. The fourth-order valence-corrected chi connectivity index (χ4v) is 6.42. The van der Waals surface area contributed by atoms with Gasteiger partial charge in [0.05, 0.1) is 12.5 Å². The molecule has 48 heavy (non-hydrogen) atoms. The lowest BCUT2D eigenvalue weighted by Gasteiger charge is -2.42. The number of benzene rings is 2. The van der Waals surface area contributed by atoms with E-state index in [1.54, 1.807) is 24.8 Å². The standard InChI is InChI=1S/C35H41F5N4O4/c1-19(2)12-27(44-16-23(10-11-43-17-34(6,37)18-43)31(35(38,39)40)42-33(44)48)32(47)41-26(15-28(45)46)25-14-24(13-22(5)30(25)36)29-20(3)8-7-9-21(29)4/h7-9,13-14,16,19,26-27H,10-12,15,17-18H2,1-6H3,(H,41,47)(H,45,46)/t26-,27-/m0/s1. The normalized spacial score (nSPS) is 16.0. The van der Waals surface area contributed by atoms with Crippen molar-refractivity contribution in [2.24, 2.45) is 5.92 Å². The van der Waals surface area contributed by atoms with Crippen LogP contribution in [0.5, 0.6) is 0 Å². The number of hydrogen-bond donors (Lipinski definition) is 2. The number of carboxylic acids is 1. The van der Waals surface area contributed by atoms with Crippen LogP contribution in [0.4, 0.5) is 22.0 Å². The van der Waals surface area contributed by atoms with Gasteiger partial charge < -0.3 is 10.4 Å². The zero-order valence-corrected chi connectivity index (χ0v) is 27.8. The Morgan fingerprint density at radius 3 is 2.25 bits per heavy atom. The molecule has 0 bridgehead atoms. The average Bonchev–Trinajstić information content (AvgIpc) is 2.94. The fourth-order valence-electron chi connectivity index (χ4n) is 6.42. The smallest absolute Gasteiger partial charge is 0.433 e. The van der Waals surface area contributed by atoms with Crippen molar-refractivity contribution in [2.75, 3.05) is 19.6 Å². The maximum Gasteiger partial charge on any atom is 0.433 e. The van der Waals surface area contributed by atoms with E-state index in [4.69, 9.17) is 0 Å². The van der Waals surface area contributed by atoms with Crippen molar-refractivity contribution in [3.63, 3.8) is 0 Å². The number of carbonyl (C=O) groups is 2. The summed E-state index contributed by atoms with van der Waals surface area (Å²) in [6, 6.07) is 6.00. The minimum Gasteiger partial charge on any atom is -0.481 e. The minimum atomic E-state index is -4.96. The van der Waals surface area contributed by atoms with Crippen molar-refractivity contribution >= 4 is 11.9 Å². The van der Waals surface area contributed by atoms with E-state index in [0.29, 0.717) is 5.56 Å². The lowest BCUT2D eigenvalue weighted by Crippen LogP contribution is -2.57. The number of aryl methyl sites for hydroxylation is 3. The SMILES string of the molecule is Cc1cc(-c2c(C)cccc2C)cc([C@H](CC(=O)O)NC(=O)[C@H](CC(C)C)n2cc(CCN3CC(C)(F)C3)c(C(F)(F)F)nc2=O)c1F. The number of alkyl halides is 4. The third-order valence-corrected chi connectivity index (χ3v) is 8.56. The van der Waals surface area contributed by atoms with Crippen LogP contribution in [-0.2, 0) is 22.2 Å². The first-order chi connectivity index (χ1) is 22.3. The van der Waals surface area contributed by atoms with E-state index >= 15 is 4.39 Å². The molecule has 0 aliphatic carbocycles. The van der Waals surface area contributed by atoms with E-state index in [2.05, 4.69) is 10.3 Å². The summed E-state index contributed by atoms with van der Waals surface area (Å²) in [5.74, 6) is -3.18. The summed E-state index contributed by atoms with van der Waals surface area (Å²) in [4.78, 5) is 44.0. The molecule has 3 aromatic rings. The van der Waals surface area contributed by atoms with Gasteiger partial charge in [-0.05, 0) is 86.4 Å². The summed E-state index contributed by atoms with van der Waals surface area (Å²) in [7, 11) is 0. The van der Waals surface area contributed by atoms with Crippen molar-refractivity contribution in [3.05, 3.63) is 86.3 Å². The molecule has 1 fully saturated rings. The summed E-state index contributed by atoms with van der Waals surface area (Å²) >= 11 is 0. The van der Waals surface area contributed by atoms with Crippen molar-refractivity contribution in [3.8, 4) is 11.1 Å². The zero-order valence-electron chi connectivity index (χ0n) is 27.8. The average molecular weight is 677 g/mol. The van der Waals surface area contributed by atoms with Crippen molar-refractivity contribution < 1.29 is 36.6 Å². The third-order valence-electron chi connectivity index (χ3n) is 8.56. The number of nitrogens with zero attached hydrogens (tertiary/aromatic N) is 3. The summed E-state index contributed by atoms with van der Waals surface area (Å²) in [5, 5.41) is 12.4. The number of carboxylic acid groups (broad SMARTS) is 1. The highest BCUT2D eigenvalue weighted by Gasteiger charge is 2.40. The van der Waals surface area contributed by atoms with E-state index in [-0.39, 0.29) is 55.1 Å². The molecule has 0 saturated carbocycles. The van der Waals surface area contributed by atoms with E-state index < -0.39 is 59.4 Å². The van der Waals surface area contributed by atoms with Crippen LogP contribution >= 0.6 is 0 Å². The predicted octanol–water partition coefficient (Wildman–Crippen LogP) is 6.50. The molecule has 4 rings (SSSR count). The van der Waals surface area contributed by atoms with Crippen LogP contribution in [0.3, 0.4) is 0 Å². The molecule has 260 valence electrons. The Labute approximate surface area is 276 Å². The van der Waals surface area contributed by atoms with Gasteiger partial charge in [0, 0.05) is 37.0 Å². The van der Waals surface area contributed by atoms with Gasteiger partial charge in [0.25, 0.3) is 0 Å². The Hall–Kier alpha value is -4.13. The van der Waals surface area contributed by atoms with Crippen LogP contribution in [0.2, 0.25) is 0 Å². The Balaban J connectivity index is 1.75. The van der Waals surface area contributed by atoms with E-state index in [1.807, 2.05) is 32.0 Å². The molecule has 2 N–H and O–H groups in total. The molecule has 0 unspecified atom stereocenters. The second-order valence-corrected chi connectivity index (χ2v) is 13.4. The quantitative estimate of drug-likeness (QED) is 0.213. The molecular formula is C35H41F5N4O4. The predicted molar refractivity (Wildman–Crippen MR) is 171 cm³/mol. The topological polar surface area (TPSA) is 105 Å². The van der Waals surface area contributed by atoms with Gasteiger partial charge in [-0.3, -0.25) is 19.1 Å². The summed E-state index contributed by atoms with van der Waals surface area (Å²) in [5.41, 5.74) is -1.11. The first-order valence-corrected chi connectivity index (χ1v) is 15.8. The van der Waals surface area contributed by atoms with E-state index in [0.717, 1.165) is 27.5 Å². The molecule has 13 heteroatoms. The summed E-state index contributed by atoms with van der Waals surface area (Å²) in [6.07, 6.45) is -4.95. The Morgan fingerprint density at radius 1 is 1.08 bits per heavy atom. The van der Waals surface area contributed by atoms with E-state index in [1.165, 1.54) is 19.9 Å². The number of aromatic nitrogens is 2. The maximum atomic E-state index is 15.7. The molecule has 1 aliphatic heterocycles. The highest BCUT2D eigenvalue weighted by atomic mass is 19.4. The van der Waals surface area contributed by atoms with Crippen LogP contribution in [0, 0.1) is 32.5 Å². The number of rotatable bonds is 12. The molecule has 1 saturated heterocycles. The van der Waals surface area contributed by atoms with Gasteiger partial charge in [-0.2, -0.15) is 18.2 Å². The molecule has 1 aromatic heterocycles. The Bertz CT molecular complexity index is 1720. The van der Waals surface area contributed by atoms with Crippen LogP contribution < -0.4 is 11.0 Å². The molecular weight excluding hydrogens is 635 g/mol. The van der Waals surface area contributed by atoms with Gasteiger partial charge in [0.1, 0.15) is 17.5 Å². The lowest BCUT2D eigenvalue weighted by atomic mass is 9.90. The van der Waals surface area contributed by atoms with Gasteiger partial charge in [0.2, 0.25) is 5.91 Å². The number of likely N-dealkylation sites (tertiary alicyclic amines) is 1. The summed E-state index contributed by atoms with van der Waals surface area (Å²) in [6.45, 7) is 10.3. The fraction of sp³-hybridized carbons (Fsp3) is 0.486. The summed E-state index contributed by atoms with van der Waals surface area (Å²) < 4.78 is 72.5. The maximum absolute atomic E-state index is 15.7. The van der Waals surface area contributed by atoms with Crippen LogP contribution in [-0.4, -0.2) is 56.7 Å². The Morgan fingerprint density at radius 2 is 1.71 bits per heavy atom. The van der Waals surface area contributed by atoms with Crippen LogP contribution in [0.15, 0.2) is 41.3 Å². The monoisotopic (exact) mass is 676 g/mol. The first kappa shape index (κ1) is 36.7. The number of nitrogens with one attached hydrogen (secondary N) is 1. The number of halogens is 5. The van der Waals surface area contributed by atoms with Crippen LogP contribution in [0.25, 0.3) is 11.1 Å². The number of carbonyl (C=O) groups excluding carboxylic acids is 1. The molecule has 0 radical (unpaired) electrons. The molecule has 1 amide bonds. The number of aliphatic carboxylic acids is 1. The van der Waals surface area contributed by atoms with Gasteiger partial charge in [-0.25, -0.2) is 13.6 Å². The zero-order chi connectivity index (χ0) is 35.7. The highest BCUT2D eigenvalue weighted by Crippen LogP contribution is 2.35. The first-order valence-electron chi connectivity index (χ1n) is 15.8. The van der Waals surface area contributed by atoms with Gasteiger partial charge in [0.15, 0.2) is 5.69 Å². The largest absolute Gasteiger partial charge is 0.481 e. The van der Waals surface area contributed by atoms with Crippen LogP contribution in [0.1, 0.15) is 79.2 Å². The number of hydrogen-bond acceptors (Lipinski definition) is 5. The van der Waals surface area contributed by atoms with Gasteiger partial charge in [-0.15, -0.1) is 0 Å².